The SMILES string of the molecule is COCCn1c2c(n(Cc3ccc(C(=O)Nc4ccccc4N)cc3)c1=O)C=CC=CC2. The highest BCUT2D eigenvalue weighted by Gasteiger charge is 2.18. The van der Waals surface area contributed by atoms with Gasteiger partial charge in [-0.3, -0.25) is 13.9 Å². The van der Waals surface area contributed by atoms with Crippen LogP contribution >= 0.6 is 0 Å². The fraction of sp³-hybridized carbons (Fsp3) is 0.200. The van der Waals surface area contributed by atoms with Gasteiger partial charge in [0.25, 0.3) is 5.91 Å². The molecular weight excluding hydrogens is 404 g/mol. The van der Waals surface area contributed by atoms with Gasteiger partial charge in [0.05, 0.1) is 42.5 Å². The first kappa shape index (κ1) is 21.4. The van der Waals surface area contributed by atoms with Crippen LogP contribution < -0.4 is 16.7 Å². The molecule has 7 nitrogen and oxygen atoms in total. The molecule has 0 spiro atoms. The molecule has 1 aromatic heterocycles. The van der Waals surface area contributed by atoms with E-state index in [2.05, 4.69) is 5.32 Å². The second-order valence-corrected chi connectivity index (χ2v) is 7.57. The molecule has 0 saturated heterocycles. The Balaban J connectivity index is 1.56. The molecule has 0 unspecified atom stereocenters. The first-order chi connectivity index (χ1) is 15.6. The lowest BCUT2D eigenvalue weighted by molar-refractivity contribution is 0.102. The summed E-state index contributed by atoms with van der Waals surface area (Å²) in [6.07, 6.45) is 8.64. The first-order valence-corrected chi connectivity index (χ1v) is 10.5. The van der Waals surface area contributed by atoms with E-state index in [0.29, 0.717) is 43.1 Å². The van der Waals surface area contributed by atoms with Gasteiger partial charge < -0.3 is 15.8 Å². The van der Waals surface area contributed by atoms with E-state index >= 15 is 0 Å². The monoisotopic (exact) mass is 430 g/mol. The van der Waals surface area contributed by atoms with E-state index in [9.17, 15) is 9.59 Å². The average molecular weight is 431 g/mol. The third-order valence-electron chi connectivity index (χ3n) is 5.47. The minimum atomic E-state index is -0.236. The second-order valence-electron chi connectivity index (χ2n) is 7.57. The van der Waals surface area contributed by atoms with Crippen molar-refractivity contribution in [2.75, 3.05) is 24.8 Å². The molecule has 1 amide bonds. The summed E-state index contributed by atoms with van der Waals surface area (Å²) in [5.41, 5.74) is 10.3. The van der Waals surface area contributed by atoms with Crippen LogP contribution in [0.15, 0.2) is 71.6 Å². The van der Waals surface area contributed by atoms with Crippen LogP contribution in [0.3, 0.4) is 0 Å². The quantitative estimate of drug-likeness (QED) is 0.563. The van der Waals surface area contributed by atoms with E-state index in [1.54, 1.807) is 40.5 Å². The molecule has 0 fully saturated rings. The van der Waals surface area contributed by atoms with Crippen molar-refractivity contribution < 1.29 is 9.53 Å². The van der Waals surface area contributed by atoms with Crippen LogP contribution in [0.5, 0.6) is 0 Å². The zero-order valence-electron chi connectivity index (χ0n) is 18.0. The Morgan fingerprint density at radius 2 is 1.88 bits per heavy atom. The number of carbonyl (C=O) groups excluding carboxylic acids is 1. The summed E-state index contributed by atoms with van der Waals surface area (Å²) in [6.45, 7) is 1.40. The highest BCUT2D eigenvalue weighted by atomic mass is 16.5. The third kappa shape index (κ3) is 4.43. The molecule has 1 aliphatic carbocycles. The van der Waals surface area contributed by atoms with E-state index in [-0.39, 0.29) is 11.6 Å². The fourth-order valence-electron chi connectivity index (χ4n) is 3.78. The van der Waals surface area contributed by atoms with Crippen LogP contribution in [0.2, 0.25) is 0 Å². The van der Waals surface area contributed by atoms with Gasteiger partial charge in [0.1, 0.15) is 0 Å². The van der Waals surface area contributed by atoms with Gasteiger partial charge in [0.15, 0.2) is 0 Å². The number of fused-ring (bicyclic) bond motifs is 1. The van der Waals surface area contributed by atoms with Crippen molar-refractivity contribution in [3.05, 3.63) is 99.8 Å². The average Bonchev–Trinajstić information content (AvgIpc) is 2.94. The maximum Gasteiger partial charge on any atom is 0.329 e. The lowest BCUT2D eigenvalue weighted by Crippen LogP contribution is -2.27. The van der Waals surface area contributed by atoms with Crippen LogP contribution in [0.1, 0.15) is 27.3 Å². The number of rotatable bonds is 7. The maximum atomic E-state index is 13.1. The smallest absolute Gasteiger partial charge is 0.329 e. The van der Waals surface area contributed by atoms with Crippen LogP contribution in [0.25, 0.3) is 6.08 Å². The summed E-state index contributed by atoms with van der Waals surface area (Å²) in [7, 11) is 1.63. The minimum absolute atomic E-state index is 0.0617. The molecule has 0 atom stereocenters. The lowest BCUT2D eigenvalue weighted by atomic mass is 10.1. The van der Waals surface area contributed by atoms with Gasteiger partial charge in [-0.15, -0.1) is 0 Å². The van der Waals surface area contributed by atoms with Crippen molar-refractivity contribution >= 4 is 23.4 Å². The summed E-state index contributed by atoms with van der Waals surface area (Å²) < 4.78 is 8.74. The number of nitrogens with zero attached hydrogens (tertiary/aromatic N) is 2. The van der Waals surface area contributed by atoms with Crippen molar-refractivity contribution in [2.45, 2.75) is 19.5 Å². The van der Waals surface area contributed by atoms with Crippen LogP contribution in [-0.4, -0.2) is 28.8 Å². The summed E-state index contributed by atoms with van der Waals surface area (Å²) in [5, 5.41) is 2.83. The Morgan fingerprint density at radius 3 is 2.62 bits per heavy atom. The van der Waals surface area contributed by atoms with Crippen molar-refractivity contribution in [2.24, 2.45) is 0 Å². The molecule has 32 heavy (non-hydrogen) atoms. The number of imidazole rings is 1. The third-order valence-corrected chi connectivity index (χ3v) is 5.47. The number of benzene rings is 2. The van der Waals surface area contributed by atoms with Gasteiger partial charge in [0, 0.05) is 19.1 Å². The Bertz CT molecular complexity index is 1230. The predicted molar refractivity (Wildman–Crippen MR) is 127 cm³/mol. The molecule has 0 saturated carbocycles. The van der Waals surface area contributed by atoms with Crippen molar-refractivity contribution in [3.63, 3.8) is 0 Å². The molecule has 4 rings (SSSR count). The van der Waals surface area contributed by atoms with Crippen LogP contribution in [0.4, 0.5) is 11.4 Å². The molecule has 0 radical (unpaired) electrons. The minimum Gasteiger partial charge on any atom is -0.397 e. The largest absolute Gasteiger partial charge is 0.397 e. The number of nitrogens with two attached hydrogens (primary N) is 1. The highest BCUT2D eigenvalue weighted by molar-refractivity contribution is 6.05. The van der Waals surface area contributed by atoms with Gasteiger partial charge in [-0.1, -0.05) is 42.5 Å². The first-order valence-electron chi connectivity index (χ1n) is 10.5. The molecule has 1 heterocycles. The van der Waals surface area contributed by atoms with Crippen molar-refractivity contribution in [1.82, 2.24) is 9.13 Å². The summed E-state index contributed by atoms with van der Waals surface area (Å²) >= 11 is 0. The van der Waals surface area contributed by atoms with Gasteiger partial charge in [0.2, 0.25) is 0 Å². The molecule has 3 N–H and O–H groups in total. The van der Waals surface area contributed by atoms with Gasteiger partial charge in [-0.25, -0.2) is 4.79 Å². The zero-order chi connectivity index (χ0) is 22.5. The number of nitrogen functional groups attached to an aromatic ring is 1. The number of hydrogen-bond donors (Lipinski definition) is 2. The Labute approximate surface area is 186 Å². The van der Waals surface area contributed by atoms with Crippen molar-refractivity contribution in [3.8, 4) is 0 Å². The number of carbonyl (C=O) groups is 1. The number of nitrogens with one attached hydrogen (secondary N) is 1. The van der Waals surface area contributed by atoms with E-state index in [0.717, 1.165) is 17.0 Å². The Kier molecular flexibility index (Phi) is 6.37. The Hall–Kier alpha value is -3.84. The number of amides is 1. The number of allylic oxidation sites excluding steroid dienone is 3. The molecule has 3 aromatic rings. The maximum absolute atomic E-state index is 13.1. The Morgan fingerprint density at radius 1 is 1.09 bits per heavy atom. The molecule has 0 aliphatic heterocycles. The van der Waals surface area contributed by atoms with E-state index in [1.807, 2.05) is 48.6 Å². The lowest BCUT2D eigenvalue weighted by Gasteiger charge is -2.09. The molecule has 164 valence electrons. The van der Waals surface area contributed by atoms with Gasteiger partial charge in [-0.05, 0) is 35.9 Å². The standard InChI is InChI=1S/C25H26N4O3/c1-32-16-15-28-22-9-3-2-4-10-23(22)29(25(28)31)17-18-11-13-19(14-12-18)24(30)27-21-8-6-5-7-20(21)26/h2-8,10-14H,9,15-17,26H2,1H3,(H,27,30). The van der Waals surface area contributed by atoms with E-state index in [1.165, 1.54) is 0 Å². The second kappa shape index (κ2) is 9.53. The molecule has 1 aliphatic rings. The number of aromatic nitrogens is 2. The summed E-state index contributed by atoms with van der Waals surface area (Å²) in [4.78, 5) is 25.7. The number of ether oxygens (including phenoxy) is 1. The van der Waals surface area contributed by atoms with Crippen LogP contribution in [-0.2, 0) is 24.2 Å². The van der Waals surface area contributed by atoms with Crippen molar-refractivity contribution in [1.29, 1.82) is 0 Å². The van der Waals surface area contributed by atoms with Gasteiger partial charge >= 0.3 is 5.69 Å². The zero-order valence-corrected chi connectivity index (χ0v) is 18.0. The molecule has 7 heteroatoms. The number of methoxy groups -OCH3 is 1. The van der Waals surface area contributed by atoms with Gasteiger partial charge in [-0.2, -0.15) is 0 Å². The normalized spacial score (nSPS) is 12.4. The predicted octanol–water partition coefficient (Wildman–Crippen LogP) is 3.30. The van der Waals surface area contributed by atoms with E-state index in [4.69, 9.17) is 10.5 Å². The van der Waals surface area contributed by atoms with Crippen LogP contribution in [0, 0.1) is 0 Å². The number of para-hydroxylation sites is 2. The highest BCUT2D eigenvalue weighted by Crippen LogP contribution is 2.19. The van der Waals surface area contributed by atoms with E-state index < -0.39 is 0 Å². The summed E-state index contributed by atoms with van der Waals surface area (Å²) in [6, 6.07) is 14.4. The topological polar surface area (TPSA) is 91.3 Å². The number of anilines is 2. The molecule has 2 aromatic carbocycles. The molecular formula is C25H26N4O3. The number of hydrogen-bond acceptors (Lipinski definition) is 4. The summed E-state index contributed by atoms with van der Waals surface area (Å²) in [5.74, 6) is -0.236. The molecule has 0 bridgehead atoms. The fourth-order valence-corrected chi connectivity index (χ4v) is 3.78.